The summed E-state index contributed by atoms with van der Waals surface area (Å²) in [6, 6.07) is 0. The maximum atomic E-state index is 12.1. The van der Waals surface area contributed by atoms with E-state index < -0.39 is 5.97 Å². The Bertz CT molecular complexity index is 453. The fraction of sp³-hybridized carbons (Fsp3) is 0.818. The Labute approximate surface area is 159 Å². The number of aliphatic hydroxyl groups excluding tert-OH is 1. The molecule has 0 aliphatic heterocycles. The first-order valence-electron chi connectivity index (χ1n) is 10.4. The highest BCUT2D eigenvalue weighted by Gasteiger charge is 2.29. The number of unbranched alkanes of at least 4 members (excludes halogenated alkanes) is 6. The minimum absolute atomic E-state index is 0.145. The van der Waals surface area contributed by atoms with Gasteiger partial charge < -0.3 is 10.2 Å². The number of carbonyl (C=O) groups excluding carboxylic acids is 1. The molecule has 0 fully saturated rings. The van der Waals surface area contributed by atoms with Crippen LogP contribution in [0.2, 0.25) is 0 Å². The lowest BCUT2D eigenvalue weighted by molar-refractivity contribution is -0.139. The van der Waals surface area contributed by atoms with Crippen LogP contribution in [0.4, 0.5) is 0 Å². The minimum Gasteiger partial charge on any atom is -0.481 e. The van der Waals surface area contributed by atoms with Gasteiger partial charge in [-0.05, 0) is 43.1 Å². The standard InChI is InChI=1S/C22H38O4/c1-22(2,17-21(25)26)15-9-8-12-19-18(13-14-20(19)24)11-7-5-3-4-6-10-16-23/h13-14,18-19,23H,3-12,15-17H2,1-2H3,(H,25,26)/t18-,19+/m0/s1. The molecule has 0 amide bonds. The predicted molar refractivity (Wildman–Crippen MR) is 105 cm³/mol. The van der Waals surface area contributed by atoms with Crippen LogP contribution in [0.15, 0.2) is 12.2 Å². The van der Waals surface area contributed by atoms with Crippen molar-refractivity contribution in [2.75, 3.05) is 6.61 Å². The normalized spacial score (nSPS) is 20.0. The summed E-state index contributed by atoms with van der Waals surface area (Å²) in [7, 11) is 0. The average Bonchev–Trinajstić information content (AvgIpc) is 2.90. The Hall–Kier alpha value is -1.16. The van der Waals surface area contributed by atoms with E-state index in [0.717, 1.165) is 44.9 Å². The maximum absolute atomic E-state index is 12.1. The highest BCUT2D eigenvalue weighted by atomic mass is 16.4. The van der Waals surface area contributed by atoms with E-state index in [0.29, 0.717) is 12.5 Å². The highest BCUT2D eigenvalue weighted by Crippen LogP contribution is 2.33. The second-order valence-corrected chi connectivity index (χ2v) is 8.65. The third-order valence-electron chi connectivity index (χ3n) is 5.58. The zero-order valence-corrected chi connectivity index (χ0v) is 16.7. The van der Waals surface area contributed by atoms with Gasteiger partial charge in [0.2, 0.25) is 0 Å². The van der Waals surface area contributed by atoms with Gasteiger partial charge in [-0.25, -0.2) is 0 Å². The van der Waals surface area contributed by atoms with Gasteiger partial charge in [0.05, 0.1) is 6.42 Å². The largest absolute Gasteiger partial charge is 0.481 e. The number of rotatable bonds is 15. The van der Waals surface area contributed by atoms with Crippen molar-refractivity contribution in [1.29, 1.82) is 0 Å². The molecule has 1 rings (SSSR count). The van der Waals surface area contributed by atoms with Gasteiger partial charge in [0.15, 0.2) is 5.78 Å². The second kappa shape index (κ2) is 12.3. The molecule has 0 bridgehead atoms. The van der Waals surface area contributed by atoms with Crippen molar-refractivity contribution in [3.05, 3.63) is 12.2 Å². The van der Waals surface area contributed by atoms with Crippen LogP contribution in [-0.2, 0) is 9.59 Å². The summed E-state index contributed by atoms with van der Waals surface area (Å²) in [5, 5.41) is 17.7. The molecule has 0 radical (unpaired) electrons. The predicted octanol–water partition coefficient (Wildman–Crippen LogP) is 5.14. The SMILES string of the molecule is CC(C)(CCCC[C@H]1C(=O)C=C[C@@H]1CCCCCCCCO)CC(=O)O. The van der Waals surface area contributed by atoms with Crippen molar-refractivity contribution < 1.29 is 19.8 Å². The lowest BCUT2D eigenvalue weighted by Gasteiger charge is -2.23. The van der Waals surface area contributed by atoms with Crippen LogP contribution in [0.25, 0.3) is 0 Å². The summed E-state index contributed by atoms with van der Waals surface area (Å²) in [6.45, 7) is 4.31. The van der Waals surface area contributed by atoms with Crippen LogP contribution in [0.3, 0.4) is 0 Å². The average molecular weight is 367 g/mol. The minimum atomic E-state index is -0.735. The molecule has 0 aromatic rings. The van der Waals surface area contributed by atoms with Crippen molar-refractivity contribution in [3.63, 3.8) is 0 Å². The molecule has 0 aromatic heterocycles. The van der Waals surface area contributed by atoms with Gasteiger partial charge in [0, 0.05) is 12.5 Å². The summed E-state index contributed by atoms with van der Waals surface area (Å²) in [5.74, 6) is 0.0864. The van der Waals surface area contributed by atoms with Gasteiger partial charge in [0.1, 0.15) is 0 Å². The topological polar surface area (TPSA) is 74.6 Å². The van der Waals surface area contributed by atoms with E-state index >= 15 is 0 Å². The number of allylic oxidation sites excluding steroid dienone is 2. The van der Waals surface area contributed by atoms with Crippen molar-refractivity contribution in [2.24, 2.45) is 17.3 Å². The maximum Gasteiger partial charge on any atom is 0.303 e. The fourth-order valence-electron chi connectivity index (χ4n) is 4.01. The summed E-state index contributed by atoms with van der Waals surface area (Å²) in [4.78, 5) is 23.0. The van der Waals surface area contributed by atoms with E-state index in [1.807, 2.05) is 13.8 Å². The van der Waals surface area contributed by atoms with Crippen molar-refractivity contribution >= 4 is 11.8 Å². The molecule has 0 heterocycles. The van der Waals surface area contributed by atoms with Crippen LogP contribution in [-0.4, -0.2) is 28.6 Å². The van der Waals surface area contributed by atoms with Crippen molar-refractivity contribution in [3.8, 4) is 0 Å². The molecular weight excluding hydrogens is 328 g/mol. The molecule has 0 unspecified atom stereocenters. The molecular formula is C22H38O4. The van der Waals surface area contributed by atoms with Gasteiger partial charge in [-0.1, -0.05) is 64.9 Å². The number of hydrogen-bond donors (Lipinski definition) is 2. The molecule has 4 heteroatoms. The first kappa shape index (κ1) is 22.9. The van der Waals surface area contributed by atoms with E-state index in [1.165, 1.54) is 25.7 Å². The molecule has 4 nitrogen and oxygen atoms in total. The van der Waals surface area contributed by atoms with E-state index in [4.69, 9.17) is 10.2 Å². The second-order valence-electron chi connectivity index (χ2n) is 8.65. The molecule has 0 saturated heterocycles. The quantitative estimate of drug-likeness (QED) is 0.393. The van der Waals surface area contributed by atoms with Gasteiger partial charge in [-0.3, -0.25) is 9.59 Å². The molecule has 2 atom stereocenters. The Kier molecular flexibility index (Phi) is 10.8. The molecule has 1 aliphatic carbocycles. The fourth-order valence-corrected chi connectivity index (χ4v) is 4.01. The number of aliphatic carboxylic acids is 1. The molecule has 150 valence electrons. The van der Waals surface area contributed by atoms with Gasteiger partial charge in [-0.15, -0.1) is 0 Å². The van der Waals surface area contributed by atoms with E-state index in [9.17, 15) is 9.59 Å². The molecule has 1 aliphatic rings. The van der Waals surface area contributed by atoms with Crippen LogP contribution in [0, 0.1) is 17.3 Å². The number of carboxylic acid groups (broad SMARTS) is 1. The molecule has 2 N–H and O–H groups in total. The van der Waals surface area contributed by atoms with Gasteiger partial charge >= 0.3 is 5.97 Å². The number of hydrogen-bond acceptors (Lipinski definition) is 3. The zero-order chi connectivity index (χ0) is 19.4. The first-order chi connectivity index (χ1) is 12.4. The van der Waals surface area contributed by atoms with E-state index in [2.05, 4.69) is 6.08 Å². The molecule has 26 heavy (non-hydrogen) atoms. The van der Waals surface area contributed by atoms with Gasteiger partial charge in [-0.2, -0.15) is 0 Å². The molecule has 0 aromatic carbocycles. The van der Waals surface area contributed by atoms with Crippen LogP contribution < -0.4 is 0 Å². The summed E-state index contributed by atoms with van der Waals surface area (Å²) in [5.41, 5.74) is -0.167. The Morgan fingerprint density at radius 2 is 1.62 bits per heavy atom. The zero-order valence-electron chi connectivity index (χ0n) is 16.7. The third-order valence-corrected chi connectivity index (χ3v) is 5.58. The number of aliphatic hydroxyl groups is 1. The summed E-state index contributed by atoms with van der Waals surface area (Å²) < 4.78 is 0. The lowest BCUT2D eigenvalue weighted by Crippen LogP contribution is -2.18. The van der Waals surface area contributed by atoms with Gasteiger partial charge in [0.25, 0.3) is 0 Å². The van der Waals surface area contributed by atoms with E-state index in [-0.39, 0.29) is 23.5 Å². The van der Waals surface area contributed by atoms with Crippen LogP contribution >= 0.6 is 0 Å². The smallest absolute Gasteiger partial charge is 0.303 e. The molecule has 0 saturated carbocycles. The van der Waals surface area contributed by atoms with Crippen molar-refractivity contribution in [2.45, 2.75) is 90.9 Å². The monoisotopic (exact) mass is 366 g/mol. The third kappa shape index (κ3) is 9.51. The number of ketones is 1. The number of carboxylic acids is 1. The lowest BCUT2D eigenvalue weighted by atomic mass is 9.81. The Balaban J connectivity index is 2.21. The first-order valence-corrected chi connectivity index (χ1v) is 10.4. The highest BCUT2D eigenvalue weighted by molar-refractivity contribution is 5.94. The number of carbonyl (C=O) groups is 2. The Morgan fingerprint density at radius 3 is 2.27 bits per heavy atom. The Morgan fingerprint density at radius 1 is 1.00 bits per heavy atom. The van der Waals surface area contributed by atoms with Crippen molar-refractivity contribution in [1.82, 2.24) is 0 Å². The van der Waals surface area contributed by atoms with Crippen LogP contribution in [0.1, 0.15) is 90.9 Å². The molecule has 0 spiro atoms. The summed E-state index contributed by atoms with van der Waals surface area (Å²) >= 11 is 0. The van der Waals surface area contributed by atoms with Crippen LogP contribution in [0.5, 0.6) is 0 Å². The van der Waals surface area contributed by atoms with E-state index in [1.54, 1.807) is 6.08 Å². The summed E-state index contributed by atoms with van der Waals surface area (Å²) in [6.07, 6.45) is 15.8.